The fourth-order valence-electron chi connectivity index (χ4n) is 4.09. The van der Waals surface area contributed by atoms with E-state index in [1.165, 1.54) is 47.0 Å². The number of ketones is 1. The third kappa shape index (κ3) is 5.67. The Morgan fingerprint density at radius 3 is 2.48 bits per heavy atom. The Balaban J connectivity index is 1.48. The first kappa shape index (κ1) is 27.3. The zero-order chi connectivity index (χ0) is 28.2. The molecule has 5 rings (SSSR count). The lowest BCUT2D eigenvalue weighted by Gasteiger charge is -2.23. The molecule has 1 aliphatic heterocycles. The first-order valence-electron chi connectivity index (χ1n) is 11.8. The van der Waals surface area contributed by atoms with Gasteiger partial charge in [0.15, 0.2) is 15.9 Å². The molecule has 3 aromatic carbocycles. The van der Waals surface area contributed by atoms with Crippen LogP contribution in [-0.4, -0.2) is 31.9 Å². The smallest absolute Gasteiger partial charge is 0.296 e. The van der Waals surface area contributed by atoms with E-state index in [0.717, 1.165) is 22.5 Å². The molecule has 1 amide bonds. The number of halogens is 1. The number of carbonyl (C=O) groups excluding carboxylic acids is 2. The van der Waals surface area contributed by atoms with Crippen LogP contribution in [0.2, 0.25) is 5.02 Å². The number of carbonyl (C=O) groups is 2. The molecule has 40 heavy (non-hydrogen) atoms. The molecule has 1 aliphatic rings. The Bertz CT molecular complexity index is 1650. The van der Waals surface area contributed by atoms with Crippen LogP contribution in [0.5, 0.6) is 0 Å². The van der Waals surface area contributed by atoms with Gasteiger partial charge in [0.05, 0.1) is 16.5 Å². The van der Waals surface area contributed by atoms with E-state index < -0.39 is 28.4 Å². The van der Waals surface area contributed by atoms with Crippen LogP contribution >= 0.6 is 34.7 Å². The van der Waals surface area contributed by atoms with Crippen LogP contribution in [0.15, 0.2) is 101 Å². The largest absolute Gasteiger partial charge is 0.503 e. The summed E-state index contributed by atoms with van der Waals surface area (Å²) in [4.78, 5) is 38.6. The summed E-state index contributed by atoms with van der Waals surface area (Å²) in [6, 6.07) is 20.9. The van der Waals surface area contributed by atoms with Crippen molar-refractivity contribution in [3.05, 3.63) is 128 Å². The topological polar surface area (TPSA) is 127 Å². The molecule has 0 saturated heterocycles. The Morgan fingerprint density at radius 2 is 1.77 bits per heavy atom. The fourth-order valence-corrected chi connectivity index (χ4v) is 6.24. The summed E-state index contributed by atoms with van der Waals surface area (Å²) in [5.74, 6) is -1.60. The zero-order valence-corrected chi connectivity index (χ0v) is 22.9. The highest BCUT2D eigenvalue weighted by molar-refractivity contribution is 8.00. The summed E-state index contributed by atoms with van der Waals surface area (Å²) in [7, 11) is 0. The average Bonchev–Trinajstić information content (AvgIpc) is 3.53. The lowest BCUT2D eigenvalue weighted by molar-refractivity contribution is -0.384. The number of thioether (sulfide) groups is 1. The Morgan fingerprint density at radius 1 is 1.07 bits per heavy atom. The van der Waals surface area contributed by atoms with Crippen LogP contribution in [0.25, 0.3) is 6.08 Å². The number of amides is 1. The van der Waals surface area contributed by atoms with Crippen molar-refractivity contribution < 1.29 is 19.6 Å². The minimum Gasteiger partial charge on any atom is -0.503 e. The highest BCUT2D eigenvalue weighted by atomic mass is 35.5. The van der Waals surface area contributed by atoms with Crippen molar-refractivity contribution >= 4 is 63.3 Å². The second-order valence-corrected chi connectivity index (χ2v) is 11.1. The summed E-state index contributed by atoms with van der Waals surface area (Å²) in [5.41, 5.74) is 1.74. The number of allylic oxidation sites excluding steroid dienone is 1. The first-order valence-corrected chi connectivity index (χ1v) is 14.0. The Kier molecular flexibility index (Phi) is 8.06. The third-order valence-corrected chi connectivity index (χ3v) is 8.50. The van der Waals surface area contributed by atoms with E-state index in [1.807, 2.05) is 36.4 Å². The van der Waals surface area contributed by atoms with Gasteiger partial charge >= 0.3 is 0 Å². The second-order valence-electron chi connectivity index (χ2n) is 8.53. The summed E-state index contributed by atoms with van der Waals surface area (Å²) in [5, 5.41) is 31.2. The van der Waals surface area contributed by atoms with Gasteiger partial charge in [-0.3, -0.25) is 24.6 Å². The molecule has 0 saturated carbocycles. The van der Waals surface area contributed by atoms with Crippen molar-refractivity contribution in [2.24, 2.45) is 0 Å². The molecule has 4 aromatic rings. The van der Waals surface area contributed by atoms with Gasteiger partial charge in [-0.15, -0.1) is 10.2 Å². The highest BCUT2D eigenvalue weighted by Crippen LogP contribution is 2.43. The molecule has 1 atom stereocenters. The number of nitro groups is 1. The number of hydrogen-bond acceptors (Lipinski definition) is 9. The maximum absolute atomic E-state index is 13.4. The molecule has 1 unspecified atom stereocenters. The highest BCUT2D eigenvalue weighted by Gasteiger charge is 2.45. The van der Waals surface area contributed by atoms with Gasteiger partial charge in [0.25, 0.3) is 11.6 Å². The molecule has 200 valence electrons. The number of benzene rings is 3. The normalized spacial score (nSPS) is 15.3. The SMILES string of the molecule is O=C(C=Cc1ccccc1)C1=C(O)C(=O)N(c2nnc(SCc3ccccc3Cl)s2)C1c1ccc([N+](=O)[O-])cc1. The van der Waals surface area contributed by atoms with Crippen molar-refractivity contribution in [2.75, 3.05) is 4.90 Å². The number of aliphatic hydroxyl groups is 1. The molecule has 12 heteroatoms. The zero-order valence-electron chi connectivity index (χ0n) is 20.5. The minimum absolute atomic E-state index is 0.154. The van der Waals surface area contributed by atoms with Gasteiger partial charge in [0.1, 0.15) is 0 Å². The molecule has 1 N–H and O–H groups in total. The molecule has 2 heterocycles. The average molecular weight is 591 g/mol. The number of aliphatic hydroxyl groups excluding tert-OH is 1. The van der Waals surface area contributed by atoms with E-state index >= 15 is 0 Å². The summed E-state index contributed by atoms with van der Waals surface area (Å²) >= 11 is 8.75. The summed E-state index contributed by atoms with van der Waals surface area (Å²) in [6.45, 7) is 0. The number of aromatic nitrogens is 2. The number of nitrogens with zero attached hydrogens (tertiary/aromatic N) is 4. The van der Waals surface area contributed by atoms with Crippen LogP contribution in [-0.2, 0) is 15.3 Å². The van der Waals surface area contributed by atoms with Crippen LogP contribution in [0.1, 0.15) is 22.7 Å². The molecule has 0 spiro atoms. The van der Waals surface area contributed by atoms with Gasteiger partial charge in [0.2, 0.25) is 5.13 Å². The monoisotopic (exact) mass is 590 g/mol. The van der Waals surface area contributed by atoms with E-state index in [4.69, 9.17) is 11.6 Å². The van der Waals surface area contributed by atoms with Crippen LogP contribution in [0, 0.1) is 10.1 Å². The molecular formula is C28H19ClN4O5S2. The lowest BCUT2D eigenvalue weighted by Crippen LogP contribution is -2.30. The van der Waals surface area contributed by atoms with E-state index in [-0.39, 0.29) is 16.4 Å². The van der Waals surface area contributed by atoms with Crippen LogP contribution < -0.4 is 4.90 Å². The Labute approximate surface area is 241 Å². The fraction of sp³-hybridized carbons (Fsp3) is 0.0714. The van der Waals surface area contributed by atoms with Crippen molar-refractivity contribution in [3.8, 4) is 0 Å². The van der Waals surface area contributed by atoms with Gasteiger partial charge in [-0.05, 0) is 41.0 Å². The predicted octanol–water partition coefficient (Wildman–Crippen LogP) is 6.57. The quantitative estimate of drug-likeness (QED) is 0.0762. The number of anilines is 1. The molecule has 0 aliphatic carbocycles. The maximum atomic E-state index is 13.4. The first-order chi connectivity index (χ1) is 19.3. The van der Waals surface area contributed by atoms with E-state index in [0.29, 0.717) is 20.7 Å². The standard InChI is InChI=1S/C28H19ClN4O5S2/c29-21-9-5-4-8-19(21)16-39-28-31-30-27(40-28)32-24(18-11-13-20(14-12-18)33(37)38)23(25(35)26(32)36)22(34)15-10-17-6-2-1-3-7-17/h1-15,24,35H,16H2. The van der Waals surface area contributed by atoms with Gasteiger partial charge < -0.3 is 5.11 Å². The molecule has 9 nitrogen and oxygen atoms in total. The Hall–Kier alpha value is -4.32. The van der Waals surface area contributed by atoms with E-state index in [2.05, 4.69) is 10.2 Å². The number of rotatable bonds is 9. The molecule has 1 aromatic heterocycles. The maximum Gasteiger partial charge on any atom is 0.296 e. The van der Waals surface area contributed by atoms with E-state index in [1.54, 1.807) is 24.3 Å². The molecular weight excluding hydrogens is 572 g/mol. The van der Waals surface area contributed by atoms with Crippen molar-refractivity contribution in [1.82, 2.24) is 10.2 Å². The number of nitro benzene ring substituents is 1. The van der Waals surface area contributed by atoms with Gasteiger partial charge in [-0.25, -0.2) is 0 Å². The lowest BCUT2D eigenvalue weighted by atomic mass is 9.95. The second kappa shape index (κ2) is 11.8. The van der Waals surface area contributed by atoms with Gasteiger partial charge in [-0.1, -0.05) is 89.3 Å². The van der Waals surface area contributed by atoms with E-state index in [9.17, 15) is 24.8 Å². The third-order valence-electron chi connectivity index (χ3n) is 6.03. The van der Waals surface area contributed by atoms with Crippen molar-refractivity contribution in [2.45, 2.75) is 16.1 Å². The minimum atomic E-state index is -1.07. The van der Waals surface area contributed by atoms with Crippen molar-refractivity contribution in [3.63, 3.8) is 0 Å². The number of hydrogen-bond donors (Lipinski definition) is 1. The van der Waals surface area contributed by atoms with Crippen LogP contribution in [0.4, 0.5) is 10.8 Å². The molecule has 0 bridgehead atoms. The molecule has 0 fully saturated rings. The predicted molar refractivity (Wildman–Crippen MR) is 154 cm³/mol. The summed E-state index contributed by atoms with van der Waals surface area (Å²) in [6.07, 6.45) is 2.86. The van der Waals surface area contributed by atoms with Gasteiger partial charge in [0, 0.05) is 22.9 Å². The molecule has 0 radical (unpaired) electrons. The van der Waals surface area contributed by atoms with Crippen LogP contribution in [0.3, 0.4) is 0 Å². The number of non-ortho nitro benzene ring substituents is 1. The summed E-state index contributed by atoms with van der Waals surface area (Å²) < 4.78 is 0.549. The van der Waals surface area contributed by atoms with Crippen molar-refractivity contribution in [1.29, 1.82) is 0 Å². The van der Waals surface area contributed by atoms with Gasteiger partial charge in [-0.2, -0.15) is 0 Å².